The first-order valence-electron chi connectivity index (χ1n) is 6.76. The van der Waals surface area contributed by atoms with Crippen LogP contribution in [-0.2, 0) is 17.8 Å². The van der Waals surface area contributed by atoms with Crippen LogP contribution >= 0.6 is 0 Å². The van der Waals surface area contributed by atoms with Crippen LogP contribution in [0.1, 0.15) is 27.9 Å². The number of rotatable bonds is 7. The van der Waals surface area contributed by atoms with Gasteiger partial charge in [0.15, 0.2) is 0 Å². The van der Waals surface area contributed by atoms with Gasteiger partial charge in [0.25, 0.3) is 0 Å². The average molecular weight is 286 g/mol. The highest BCUT2D eigenvalue weighted by Crippen LogP contribution is 2.18. The molecule has 0 aliphatic carbocycles. The van der Waals surface area contributed by atoms with Gasteiger partial charge in [-0.3, -0.25) is 4.98 Å². The maximum atomic E-state index is 11.2. The van der Waals surface area contributed by atoms with Crippen LogP contribution in [0.3, 0.4) is 0 Å². The molecule has 2 rings (SSSR count). The van der Waals surface area contributed by atoms with E-state index in [0.717, 1.165) is 12.8 Å². The number of anilines is 1. The van der Waals surface area contributed by atoms with E-state index in [1.165, 1.54) is 5.56 Å². The summed E-state index contributed by atoms with van der Waals surface area (Å²) in [6.07, 6.45) is 5.31. The van der Waals surface area contributed by atoms with E-state index in [4.69, 9.17) is 15.6 Å². The first-order valence-corrected chi connectivity index (χ1v) is 6.76. The Morgan fingerprint density at radius 3 is 2.71 bits per heavy atom. The van der Waals surface area contributed by atoms with Gasteiger partial charge < -0.3 is 15.6 Å². The molecule has 0 unspecified atom stereocenters. The number of carboxylic acids is 1. The van der Waals surface area contributed by atoms with Crippen molar-refractivity contribution in [2.45, 2.75) is 19.4 Å². The number of nitrogens with zero attached hydrogens (tertiary/aromatic N) is 1. The van der Waals surface area contributed by atoms with Crippen molar-refractivity contribution in [2.75, 3.05) is 12.3 Å². The van der Waals surface area contributed by atoms with Crippen LogP contribution in [0, 0.1) is 0 Å². The number of aryl methyl sites for hydroxylation is 1. The molecule has 3 N–H and O–H groups in total. The van der Waals surface area contributed by atoms with Crippen LogP contribution in [0.15, 0.2) is 42.7 Å². The van der Waals surface area contributed by atoms with Crippen molar-refractivity contribution in [1.29, 1.82) is 0 Å². The zero-order valence-corrected chi connectivity index (χ0v) is 11.7. The largest absolute Gasteiger partial charge is 0.478 e. The molecule has 0 spiro atoms. The molecule has 0 radical (unpaired) electrons. The molecule has 0 aliphatic heterocycles. The van der Waals surface area contributed by atoms with Crippen LogP contribution in [0.2, 0.25) is 0 Å². The third-order valence-corrected chi connectivity index (χ3v) is 3.16. The van der Waals surface area contributed by atoms with Gasteiger partial charge in [-0.1, -0.05) is 12.1 Å². The number of pyridine rings is 1. The fourth-order valence-electron chi connectivity index (χ4n) is 2.11. The summed E-state index contributed by atoms with van der Waals surface area (Å²) in [4.78, 5) is 15.1. The molecule has 0 fully saturated rings. The fraction of sp³-hybridized carbons (Fsp3) is 0.250. The van der Waals surface area contributed by atoms with E-state index in [1.807, 2.05) is 12.1 Å². The van der Waals surface area contributed by atoms with Gasteiger partial charge >= 0.3 is 5.97 Å². The molecular formula is C16H18N2O3. The van der Waals surface area contributed by atoms with Gasteiger partial charge in [0, 0.05) is 24.7 Å². The van der Waals surface area contributed by atoms with E-state index in [0.29, 0.717) is 12.2 Å². The molecule has 1 aromatic carbocycles. The van der Waals surface area contributed by atoms with Crippen molar-refractivity contribution >= 4 is 11.7 Å². The average Bonchev–Trinajstić information content (AvgIpc) is 2.47. The second-order valence-corrected chi connectivity index (χ2v) is 4.70. The zero-order chi connectivity index (χ0) is 15.1. The number of carbonyl (C=O) groups is 1. The number of nitrogens with two attached hydrogens (primary N) is 1. The smallest absolute Gasteiger partial charge is 0.338 e. The standard InChI is InChI=1S/C16H18N2O3/c17-14-5-1-4-13(15(14)16(19)20)11-21-10-2-3-12-6-8-18-9-7-12/h1,4-9H,2-3,10-11,17H2,(H,19,20). The van der Waals surface area contributed by atoms with Crippen molar-refractivity contribution in [1.82, 2.24) is 4.98 Å². The summed E-state index contributed by atoms with van der Waals surface area (Å²) >= 11 is 0. The quantitative estimate of drug-likeness (QED) is 0.603. The highest BCUT2D eigenvalue weighted by atomic mass is 16.5. The number of hydrogen-bond acceptors (Lipinski definition) is 4. The summed E-state index contributed by atoms with van der Waals surface area (Å²) in [5, 5.41) is 9.16. The molecule has 21 heavy (non-hydrogen) atoms. The number of benzene rings is 1. The molecule has 0 saturated heterocycles. The molecule has 0 amide bonds. The lowest BCUT2D eigenvalue weighted by molar-refractivity contribution is 0.0688. The number of aromatic nitrogens is 1. The van der Waals surface area contributed by atoms with Crippen LogP contribution in [0.5, 0.6) is 0 Å². The molecule has 0 aliphatic rings. The summed E-state index contributed by atoms with van der Waals surface area (Å²) in [5.74, 6) is -1.02. The summed E-state index contributed by atoms with van der Waals surface area (Å²) in [7, 11) is 0. The second-order valence-electron chi connectivity index (χ2n) is 4.70. The summed E-state index contributed by atoms with van der Waals surface area (Å²) < 4.78 is 5.55. The number of hydrogen-bond donors (Lipinski definition) is 2. The van der Waals surface area contributed by atoms with E-state index in [-0.39, 0.29) is 17.9 Å². The topological polar surface area (TPSA) is 85.4 Å². The molecule has 5 heteroatoms. The maximum absolute atomic E-state index is 11.2. The minimum Gasteiger partial charge on any atom is -0.478 e. The molecule has 1 heterocycles. The maximum Gasteiger partial charge on any atom is 0.338 e. The highest BCUT2D eigenvalue weighted by molar-refractivity contribution is 5.95. The Hall–Kier alpha value is -2.40. The highest BCUT2D eigenvalue weighted by Gasteiger charge is 2.13. The van der Waals surface area contributed by atoms with Crippen molar-refractivity contribution in [3.63, 3.8) is 0 Å². The van der Waals surface area contributed by atoms with Gasteiger partial charge in [0.1, 0.15) is 0 Å². The summed E-state index contributed by atoms with van der Waals surface area (Å²) in [6.45, 7) is 0.819. The Labute approximate surface area is 123 Å². The molecule has 0 bridgehead atoms. The van der Waals surface area contributed by atoms with Crippen molar-refractivity contribution in [3.05, 3.63) is 59.4 Å². The number of carboxylic acid groups (broad SMARTS) is 1. The van der Waals surface area contributed by atoms with Crippen LogP contribution in [-0.4, -0.2) is 22.7 Å². The van der Waals surface area contributed by atoms with Crippen molar-refractivity contribution in [3.8, 4) is 0 Å². The monoisotopic (exact) mass is 286 g/mol. The minimum atomic E-state index is -1.02. The number of aromatic carboxylic acids is 1. The molecular weight excluding hydrogens is 268 g/mol. The molecule has 110 valence electrons. The van der Waals surface area contributed by atoms with E-state index in [1.54, 1.807) is 30.6 Å². The Balaban J connectivity index is 1.81. The molecule has 2 aromatic rings. The predicted molar refractivity (Wildman–Crippen MR) is 80.0 cm³/mol. The third-order valence-electron chi connectivity index (χ3n) is 3.16. The summed E-state index contributed by atoms with van der Waals surface area (Å²) in [6, 6.07) is 8.98. The minimum absolute atomic E-state index is 0.131. The molecule has 5 nitrogen and oxygen atoms in total. The van der Waals surface area contributed by atoms with Gasteiger partial charge in [-0.2, -0.15) is 0 Å². The van der Waals surface area contributed by atoms with Crippen LogP contribution < -0.4 is 5.73 Å². The lowest BCUT2D eigenvalue weighted by atomic mass is 10.1. The predicted octanol–water partition coefficient (Wildman–Crippen LogP) is 2.51. The normalized spacial score (nSPS) is 10.5. The van der Waals surface area contributed by atoms with Gasteiger partial charge in [0.2, 0.25) is 0 Å². The number of nitrogen functional groups attached to an aromatic ring is 1. The Bertz CT molecular complexity index is 600. The second kappa shape index (κ2) is 7.40. The Morgan fingerprint density at radius 1 is 1.24 bits per heavy atom. The van der Waals surface area contributed by atoms with Gasteiger partial charge in [-0.25, -0.2) is 4.79 Å². The first kappa shape index (κ1) is 15.0. The van der Waals surface area contributed by atoms with E-state index >= 15 is 0 Å². The van der Waals surface area contributed by atoms with Crippen molar-refractivity contribution in [2.24, 2.45) is 0 Å². The van der Waals surface area contributed by atoms with E-state index in [2.05, 4.69) is 4.98 Å². The lowest BCUT2D eigenvalue weighted by Gasteiger charge is -2.09. The van der Waals surface area contributed by atoms with Gasteiger partial charge in [-0.05, 0) is 42.2 Å². The fourth-order valence-corrected chi connectivity index (χ4v) is 2.11. The third kappa shape index (κ3) is 4.29. The molecule has 0 atom stereocenters. The van der Waals surface area contributed by atoms with Gasteiger partial charge in [0.05, 0.1) is 12.2 Å². The Kier molecular flexibility index (Phi) is 5.29. The van der Waals surface area contributed by atoms with Crippen molar-refractivity contribution < 1.29 is 14.6 Å². The number of ether oxygens (including phenoxy) is 1. The summed E-state index contributed by atoms with van der Waals surface area (Å²) in [5.41, 5.74) is 7.90. The van der Waals surface area contributed by atoms with Crippen LogP contribution in [0.4, 0.5) is 5.69 Å². The molecule has 1 aromatic heterocycles. The zero-order valence-electron chi connectivity index (χ0n) is 11.7. The van der Waals surface area contributed by atoms with E-state index in [9.17, 15) is 4.79 Å². The van der Waals surface area contributed by atoms with Crippen LogP contribution in [0.25, 0.3) is 0 Å². The van der Waals surface area contributed by atoms with E-state index < -0.39 is 5.97 Å². The lowest BCUT2D eigenvalue weighted by Crippen LogP contribution is -2.08. The first-order chi connectivity index (χ1) is 10.2. The van der Waals surface area contributed by atoms with Gasteiger partial charge in [-0.15, -0.1) is 0 Å². The SMILES string of the molecule is Nc1cccc(COCCCc2ccncc2)c1C(=O)O. The molecule has 0 saturated carbocycles. The Morgan fingerprint density at radius 2 is 2.00 bits per heavy atom.